The Morgan fingerprint density at radius 3 is 2.69 bits per heavy atom. The first kappa shape index (κ1) is 17.6. The SMILES string of the molecule is C=C1Nc2ccc(N3CCc4cc(C(=O)CC)ccc43)cc2N1.C=CN. The molecule has 2 aliphatic rings. The minimum Gasteiger partial charge on any atom is -0.405 e. The third-order valence-electron chi connectivity index (χ3n) is 4.50. The van der Waals surface area contributed by atoms with Gasteiger partial charge in [-0.15, -0.1) is 0 Å². The third-order valence-corrected chi connectivity index (χ3v) is 4.50. The largest absolute Gasteiger partial charge is 0.405 e. The van der Waals surface area contributed by atoms with Gasteiger partial charge in [0, 0.05) is 29.9 Å². The number of fused-ring (bicyclic) bond motifs is 2. The fraction of sp³-hybridized carbons (Fsp3) is 0.190. The lowest BCUT2D eigenvalue weighted by atomic mass is 10.0. The summed E-state index contributed by atoms with van der Waals surface area (Å²) >= 11 is 0. The summed E-state index contributed by atoms with van der Waals surface area (Å²) in [5.41, 5.74) is 11.1. The van der Waals surface area contributed by atoms with E-state index in [2.05, 4.69) is 64.8 Å². The number of anilines is 4. The van der Waals surface area contributed by atoms with E-state index in [4.69, 9.17) is 0 Å². The van der Waals surface area contributed by atoms with Crippen LogP contribution in [0.2, 0.25) is 0 Å². The van der Waals surface area contributed by atoms with E-state index < -0.39 is 0 Å². The van der Waals surface area contributed by atoms with Crippen LogP contribution < -0.4 is 21.3 Å². The Bertz CT molecular complexity index is 872. The Balaban J connectivity index is 0.000000613. The standard InChI is InChI=1S/C19H19N3O.C2H5N/c1-3-19(23)14-4-7-18-13(10-14)8-9-22(18)15-5-6-16-17(11-15)21-12(2)20-16;1-2-3/h4-7,10-11,20-21H,2-3,8-9H2,1H3;2H,1,3H2. The fourth-order valence-corrected chi connectivity index (χ4v) is 3.32. The minimum atomic E-state index is 0.206. The molecule has 4 rings (SSSR count). The van der Waals surface area contributed by atoms with Crippen molar-refractivity contribution in [2.24, 2.45) is 5.73 Å². The minimum absolute atomic E-state index is 0.206. The number of nitrogens with two attached hydrogens (primary N) is 1. The summed E-state index contributed by atoms with van der Waals surface area (Å²) < 4.78 is 0. The normalized spacial score (nSPS) is 13.7. The summed E-state index contributed by atoms with van der Waals surface area (Å²) in [6, 6.07) is 12.4. The molecule has 0 amide bonds. The Labute approximate surface area is 154 Å². The molecule has 5 nitrogen and oxygen atoms in total. The maximum Gasteiger partial charge on any atom is 0.162 e. The van der Waals surface area contributed by atoms with Gasteiger partial charge in [-0.05, 0) is 54.6 Å². The molecule has 2 aromatic rings. The topological polar surface area (TPSA) is 70.4 Å². The van der Waals surface area contributed by atoms with Gasteiger partial charge < -0.3 is 21.3 Å². The quantitative estimate of drug-likeness (QED) is 0.719. The van der Waals surface area contributed by atoms with Crippen LogP contribution in [0.25, 0.3) is 0 Å². The van der Waals surface area contributed by atoms with Crippen molar-refractivity contribution < 1.29 is 4.79 Å². The van der Waals surface area contributed by atoms with Crippen molar-refractivity contribution >= 4 is 28.5 Å². The first-order chi connectivity index (χ1) is 12.6. The van der Waals surface area contributed by atoms with Crippen molar-refractivity contribution in [3.05, 3.63) is 72.7 Å². The highest BCUT2D eigenvalue weighted by Gasteiger charge is 2.23. The molecule has 0 spiro atoms. The summed E-state index contributed by atoms with van der Waals surface area (Å²) in [5, 5.41) is 6.44. The van der Waals surface area contributed by atoms with Crippen LogP contribution in [0.15, 0.2) is 61.6 Å². The van der Waals surface area contributed by atoms with Crippen LogP contribution >= 0.6 is 0 Å². The molecule has 0 saturated heterocycles. The Morgan fingerprint density at radius 1 is 1.23 bits per heavy atom. The van der Waals surface area contributed by atoms with E-state index in [0.29, 0.717) is 6.42 Å². The average Bonchev–Trinajstić information content (AvgIpc) is 3.22. The average molecular weight is 348 g/mol. The summed E-state index contributed by atoms with van der Waals surface area (Å²) in [6.07, 6.45) is 2.77. The van der Waals surface area contributed by atoms with Crippen LogP contribution in [0.1, 0.15) is 29.3 Å². The Morgan fingerprint density at radius 2 is 1.96 bits per heavy atom. The van der Waals surface area contributed by atoms with Crippen LogP contribution in [0.3, 0.4) is 0 Å². The predicted octanol–water partition coefficient (Wildman–Crippen LogP) is 4.37. The van der Waals surface area contributed by atoms with Gasteiger partial charge in [-0.1, -0.05) is 20.1 Å². The van der Waals surface area contributed by atoms with Gasteiger partial charge in [0.2, 0.25) is 0 Å². The number of hydrogen-bond acceptors (Lipinski definition) is 5. The molecule has 2 aromatic carbocycles. The number of rotatable bonds is 3. The monoisotopic (exact) mass is 348 g/mol. The van der Waals surface area contributed by atoms with E-state index in [1.165, 1.54) is 17.5 Å². The highest BCUT2D eigenvalue weighted by atomic mass is 16.1. The summed E-state index contributed by atoms with van der Waals surface area (Å²) in [5.74, 6) is 1.01. The molecule has 0 fully saturated rings. The Kier molecular flexibility index (Phi) is 4.98. The number of ketones is 1. The molecular formula is C21H24N4O. The van der Waals surface area contributed by atoms with Gasteiger partial charge in [-0.2, -0.15) is 0 Å². The van der Waals surface area contributed by atoms with Crippen molar-refractivity contribution in [2.75, 3.05) is 22.1 Å². The molecule has 2 aliphatic heterocycles. The maximum atomic E-state index is 11.9. The zero-order valence-corrected chi connectivity index (χ0v) is 15.0. The number of nitrogens with zero attached hydrogens (tertiary/aromatic N) is 1. The third kappa shape index (κ3) is 3.28. The van der Waals surface area contributed by atoms with E-state index in [1.807, 2.05) is 13.0 Å². The van der Waals surface area contributed by atoms with Gasteiger partial charge in [0.25, 0.3) is 0 Å². The molecule has 26 heavy (non-hydrogen) atoms. The Hall–Kier alpha value is -3.21. The lowest BCUT2D eigenvalue weighted by molar-refractivity contribution is 0.0988. The smallest absolute Gasteiger partial charge is 0.162 e. The fourth-order valence-electron chi connectivity index (χ4n) is 3.32. The zero-order chi connectivity index (χ0) is 18.7. The van der Waals surface area contributed by atoms with E-state index in [9.17, 15) is 4.79 Å². The van der Waals surface area contributed by atoms with Gasteiger partial charge in [-0.25, -0.2) is 0 Å². The van der Waals surface area contributed by atoms with E-state index in [-0.39, 0.29) is 5.78 Å². The lowest BCUT2D eigenvalue weighted by Gasteiger charge is -2.20. The van der Waals surface area contributed by atoms with E-state index >= 15 is 0 Å². The first-order valence-electron chi connectivity index (χ1n) is 8.70. The van der Waals surface area contributed by atoms with Crippen LogP contribution in [0.5, 0.6) is 0 Å². The van der Waals surface area contributed by atoms with E-state index in [0.717, 1.165) is 41.4 Å². The molecule has 0 aliphatic carbocycles. The van der Waals surface area contributed by atoms with Crippen LogP contribution in [-0.2, 0) is 6.42 Å². The second kappa shape index (κ2) is 7.35. The number of carbonyl (C=O) groups excluding carboxylic acids is 1. The predicted molar refractivity (Wildman–Crippen MR) is 109 cm³/mol. The van der Waals surface area contributed by atoms with Gasteiger partial charge >= 0.3 is 0 Å². The second-order valence-corrected chi connectivity index (χ2v) is 6.22. The van der Waals surface area contributed by atoms with Gasteiger partial charge in [0.05, 0.1) is 11.4 Å². The van der Waals surface area contributed by atoms with Crippen molar-refractivity contribution in [3.8, 4) is 0 Å². The van der Waals surface area contributed by atoms with Crippen molar-refractivity contribution in [2.45, 2.75) is 19.8 Å². The molecule has 0 atom stereocenters. The highest BCUT2D eigenvalue weighted by Crippen LogP contribution is 2.39. The molecule has 134 valence electrons. The second-order valence-electron chi connectivity index (χ2n) is 6.22. The molecule has 0 unspecified atom stereocenters. The summed E-state index contributed by atoms with van der Waals surface area (Å²) in [7, 11) is 0. The van der Waals surface area contributed by atoms with Crippen molar-refractivity contribution in [3.63, 3.8) is 0 Å². The van der Waals surface area contributed by atoms with Crippen LogP contribution in [-0.4, -0.2) is 12.3 Å². The lowest BCUT2D eigenvalue weighted by Crippen LogP contribution is -2.13. The molecule has 4 N–H and O–H groups in total. The number of hydrogen-bond donors (Lipinski definition) is 3. The molecule has 2 heterocycles. The van der Waals surface area contributed by atoms with Crippen LogP contribution in [0, 0.1) is 0 Å². The molecule has 5 heteroatoms. The van der Waals surface area contributed by atoms with Gasteiger partial charge in [-0.3, -0.25) is 4.79 Å². The van der Waals surface area contributed by atoms with Gasteiger partial charge in [0.1, 0.15) is 5.82 Å². The summed E-state index contributed by atoms with van der Waals surface area (Å²) in [6.45, 7) is 9.88. The maximum absolute atomic E-state index is 11.9. The van der Waals surface area contributed by atoms with Crippen molar-refractivity contribution in [1.82, 2.24) is 0 Å². The molecule has 0 saturated carbocycles. The molecule has 0 aromatic heterocycles. The number of benzene rings is 2. The molecule has 0 bridgehead atoms. The van der Waals surface area contributed by atoms with Gasteiger partial charge in [0.15, 0.2) is 5.78 Å². The van der Waals surface area contributed by atoms with E-state index in [1.54, 1.807) is 0 Å². The number of carbonyl (C=O) groups is 1. The molecule has 0 radical (unpaired) electrons. The number of nitrogens with one attached hydrogen (secondary N) is 2. The molecular weight excluding hydrogens is 324 g/mol. The highest BCUT2D eigenvalue weighted by molar-refractivity contribution is 5.97. The number of Topliss-reactive ketones (excluding diaryl/α,β-unsaturated/α-hetero) is 1. The van der Waals surface area contributed by atoms with Crippen LogP contribution in [0.4, 0.5) is 22.7 Å². The van der Waals surface area contributed by atoms with Crippen molar-refractivity contribution in [1.29, 1.82) is 0 Å². The summed E-state index contributed by atoms with van der Waals surface area (Å²) in [4.78, 5) is 14.2. The zero-order valence-electron chi connectivity index (χ0n) is 15.0. The first-order valence-corrected chi connectivity index (χ1v) is 8.70.